The molecule has 148 valence electrons. The van der Waals surface area contributed by atoms with Gasteiger partial charge in [0.25, 0.3) is 0 Å². The van der Waals surface area contributed by atoms with Gasteiger partial charge in [0, 0.05) is 30.6 Å². The molecule has 0 spiro atoms. The van der Waals surface area contributed by atoms with Gasteiger partial charge in [0.1, 0.15) is 5.75 Å². The van der Waals surface area contributed by atoms with Crippen molar-refractivity contribution in [3.8, 4) is 5.75 Å². The third kappa shape index (κ3) is 3.79. The monoisotopic (exact) mass is 378 g/mol. The van der Waals surface area contributed by atoms with Gasteiger partial charge in [-0.05, 0) is 79.6 Å². The number of piperidine rings is 1. The first kappa shape index (κ1) is 19.0. The molecule has 4 nitrogen and oxygen atoms in total. The van der Waals surface area contributed by atoms with Gasteiger partial charge >= 0.3 is 0 Å². The lowest BCUT2D eigenvalue weighted by Gasteiger charge is -2.32. The minimum atomic E-state index is 0.00893. The average molecular weight is 379 g/mol. The van der Waals surface area contributed by atoms with Crippen LogP contribution in [-0.2, 0) is 11.3 Å². The van der Waals surface area contributed by atoms with Crippen molar-refractivity contribution in [2.45, 2.75) is 52.5 Å². The molecule has 1 amide bonds. The number of aromatic hydroxyl groups is 1. The molecule has 2 N–H and O–H groups in total. The molecule has 2 aliphatic heterocycles. The van der Waals surface area contributed by atoms with Crippen molar-refractivity contribution < 1.29 is 9.90 Å². The summed E-state index contributed by atoms with van der Waals surface area (Å²) in [5.41, 5.74) is 6.96. The molecule has 2 heterocycles. The SMILES string of the molecule is Cc1cc(C)c(C2CC(=O)Nc3cc(O)ccc32)cc1CN1CCC(C)CC1. The molecule has 1 saturated heterocycles. The Hall–Kier alpha value is -2.33. The first-order valence-electron chi connectivity index (χ1n) is 10.4. The number of nitrogens with one attached hydrogen (secondary N) is 1. The van der Waals surface area contributed by atoms with E-state index in [0.717, 1.165) is 36.8 Å². The zero-order chi connectivity index (χ0) is 19.8. The fraction of sp³-hybridized carbons (Fsp3) is 0.458. The lowest BCUT2D eigenvalue weighted by molar-refractivity contribution is -0.116. The summed E-state index contributed by atoms with van der Waals surface area (Å²) in [6, 6.07) is 9.90. The van der Waals surface area contributed by atoms with Crippen LogP contribution in [0.2, 0.25) is 0 Å². The summed E-state index contributed by atoms with van der Waals surface area (Å²) in [7, 11) is 0. The number of rotatable bonds is 3. The molecule has 4 heteroatoms. The molecule has 0 radical (unpaired) electrons. The average Bonchev–Trinajstić information content (AvgIpc) is 2.64. The molecular formula is C24H30N2O2. The minimum absolute atomic E-state index is 0.00893. The Kier molecular flexibility index (Phi) is 5.15. The fourth-order valence-corrected chi connectivity index (χ4v) is 4.65. The first-order valence-corrected chi connectivity index (χ1v) is 10.4. The van der Waals surface area contributed by atoms with Crippen molar-refractivity contribution in [2.75, 3.05) is 18.4 Å². The number of carbonyl (C=O) groups is 1. The second-order valence-electron chi connectivity index (χ2n) is 8.67. The van der Waals surface area contributed by atoms with E-state index in [2.05, 4.69) is 43.1 Å². The second kappa shape index (κ2) is 7.59. The summed E-state index contributed by atoms with van der Waals surface area (Å²) < 4.78 is 0. The number of hydrogen-bond acceptors (Lipinski definition) is 3. The number of anilines is 1. The van der Waals surface area contributed by atoms with Crippen LogP contribution in [0.15, 0.2) is 30.3 Å². The zero-order valence-electron chi connectivity index (χ0n) is 17.1. The van der Waals surface area contributed by atoms with E-state index < -0.39 is 0 Å². The third-order valence-corrected chi connectivity index (χ3v) is 6.45. The minimum Gasteiger partial charge on any atom is -0.508 e. The highest BCUT2D eigenvalue weighted by Crippen LogP contribution is 2.40. The number of nitrogens with zero attached hydrogens (tertiary/aromatic N) is 1. The molecule has 0 saturated carbocycles. The van der Waals surface area contributed by atoms with E-state index in [-0.39, 0.29) is 17.6 Å². The van der Waals surface area contributed by atoms with Crippen LogP contribution in [0.5, 0.6) is 5.75 Å². The van der Waals surface area contributed by atoms with Crippen LogP contribution in [0.4, 0.5) is 5.69 Å². The Balaban J connectivity index is 1.67. The Bertz CT molecular complexity index is 898. The van der Waals surface area contributed by atoms with E-state index >= 15 is 0 Å². The maximum atomic E-state index is 12.3. The van der Waals surface area contributed by atoms with Crippen molar-refractivity contribution >= 4 is 11.6 Å². The number of amides is 1. The number of phenols is 1. The molecule has 28 heavy (non-hydrogen) atoms. The van der Waals surface area contributed by atoms with Crippen molar-refractivity contribution in [1.82, 2.24) is 4.90 Å². The van der Waals surface area contributed by atoms with Gasteiger partial charge in [-0.15, -0.1) is 0 Å². The number of benzene rings is 2. The van der Waals surface area contributed by atoms with Crippen LogP contribution in [0.3, 0.4) is 0 Å². The van der Waals surface area contributed by atoms with Gasteiger partial charge in [-0.25, -0.2) is 0 Å². The van der Waals surface area contributed by atoms with E-state index in [9.17, 15) is 9.90 Å². The van der Waals surface area contributed by atoms with Crippen LogP contribution < -0.4 is 5.32 Å². The smallest absolute Gasteiger partial charge is 0.225 e. The highest BCUT2D eigenvalue weighted by atomic mass is 16.3. The standard InChI is InChI=1S/C24H30N2O2/c1-15-6-8-26(9-7-15)14-18-11-21(17(3)10-16(18)2)22-13-24(28)25-23-12-19(27)4-5-20(22)23/h4-5,10-12,15,22,27H,6-9,13-14H2,1-3H3,(H,25,28). The van der Waals surface area contributed by atoms with E-state index in [1.54, 1.807) is 12.1 Å². The van der Waals surface area contributed by atoms with Gasteiger partial charge in [0.05, 0.1) is 0 Å². The predicted molar refractivity (Wildman–Crippen MR) is 113 cm³/mol. The highest BCUT2D eigenvalue weighted by molar-refractivity contribution is 5.95. The number of aryl methyl sites for hydroxylation is 2. The Labute approximate surface area is 167 Å². The highest BCUT2D eigenvalue weighted by Gasteiger charge is 2.28. The quantitative estimate of drug-likeness (QED) is 0.813. The summed E-state index contributed by atoms with van der Waals surface area (Å²) in [6.07, 6.45) is 3.00. The van der Waals surface area contributed by atoms with Crippen molar-refractivity contribution in [3.05, 3.63) is 58.1 Å². The number of fused-ring (bicyclic) bond motifs is 1. The molecule has 2 aliphatic rings. The number of hydrogen-bond donors (Lipinski definition) is 2. The second-order valence-corrected chi connectivity index (χ2v) is 8.67. The molecular weight excluding hydrogens is 348 g/mol. The number of likely N-dealkylation sites (tertiary alicyclic amines) is 1. The normalized spacial score (nSPS) is 20.7. The number of phenolic OH excluding ortho intramolecular Hbond substituents is 1. The molecule has 4 rings (SSSR count). The molecule has 1 atom stereocenters. The Morgan fingerprint density at radius 2 is 1.82 bits per heavy atom. The molecule has 2 aromatic carbocycles. The summed E-state index contributed by atoms with van der Waals surface area (Å²) in [5.74, 6) is 1.06. The van der Waals surface area contributed by atoms with E-state index in [4.69, 9.17) is 0 Å². The topological polar surface area (TPSA) is 52.6 Å². The lowest BCUT2D eigenvalue weighted by atomic mass is 9.81. The van der Waals surface area contributed by atoms with Gasteiger partial charge in [0.15, 0.2) is 0 Å². The van der Waals surface area contributed by atoms with Crippen LogP contribution in [-0.4, -0.2) is 29.0 Å². The Morgan fingerprint density at radius 1 is 1.07 bits per heavy atom. The summed E-state index contributed by atoms with van der Waals surface area (Å²) in [4.78, 5) is 14.9. The fourth-order valence-electron chi connectivity index (χ4n) is 4.65. The van der Waals surface area contributed by atoms with Gasteiger partial charge in [0.2, 0.25) is 5.91 Å². The predicted octanol–water partition coefficient (Wildman–Crippen LogP) is 4.72. The van der Waals surface area contributed by atoms with Crippen LogP contribution in [0, 0.1) is 19.8 Å². The van der Waals surface area contributed by atoms with Crippen LogP contribution in [0.25, 0.3) is 0 Å². The first-order chi connectivity index (χ1) is 13.4. The van der Waals surface area contributed by atoms with Gasteiger partial charge in [-0.3, -0.25) is 9.69 Å². The maximum Gasteiger partial charge on any atom is 0.225 e. The zero-order valence-corrected chi connectivity index (χ0v) is 17.1. The Morgan fingerprint density at radius 3 is 2.57 bits per heavy atom. The van der Waals surface area contributed by atoms with Crippen molar-refractivity contribution in [1.29, 1.82) is 0 Å². The molecule has 0 bridgehead atoms. The molecule has 0 aliphatic carbocycles. The molecule has 1 unspecified atom stereocenters. The van der Waals surface area contributed by atoms with Crippen LogP contribution in [0.1, 0.15) is 59.9 Å². The molecule has 1 fully saturated rings. The van der Waals surface area contributed by atoms with E-state index in [1.807, 2.05) is 6.07 Å². The summed E-state index contributed by atoms with van der Waals surface area (Å²) >= 11 is 0. The van der Waals surface area contributed by atoms with E-state index in [0.29, 0.717) is 6.42 Å². The van der Waals surface area contributed by atoms with Crippen LogP contribution >= 0.6 is 0 Å². The van der Waals surface area contributed by atoms with E-state index in [1.165, 1.54) is 35.1 Å². The summed E-state index contributed by atoms with van der Waals surface area (Å²) in [5, 5.41) is 12.7. The van der Waals surface area contributed by atoms with Gasteiger partial charge < -0.3 is 10.4 Å². The number of carbonyl (C=O) groups excluding carboxylic acids is 1. The maximum absolute atomic E-state index is 12.3. The van der Waals surface area contributed by atoms with Crippen molar-refractivity contribution in [2.24, 2.45) is 5.92 Å². The molecule has 2 aromatic rings. The van der Waals surface area contributed by atoms with Gasteiger partial charge in [-0.1, -0.05) is 25.1 Å². The molecule has 0 aromatic heterocycles. The lowest BCUT2D eigenvalue weighted by Crippen LogP contribution is -2.32. The third-order valence-electron chi connectivity index (χ3n) is 6.45. The van der Waals surface area contributed by atoms with Crippen molar-refractivity contribution in [3.63, 3.8) is 0 Å². The van der Waals surface area contributed by atoms with Gasteiger partial charge in [-0.2, -0.15) is 0 Å². The summed E-state index contributed by atoms with van der Waals surface area (Å²) in [6.45, 7) is 9.98. The largest absolute Gasteiger partial charge is 0.508 e.